The number of nitrogens with two attached hydrogens (primary N) is 1. The zero-order chi connectivity index (χ0) is 21.0. The summed E-state index contributed by atoms with van der Waals surface area (Å²) in [6.45, 7) is 1.85. The van der Waals surface area contributed by atoms with E-state index in [1.54, 1.807) is 18.2 Å². The van der Waals surface area contributed by atoms with Gasteiger partial charge in [-0.05, 0) is 48.9 Å². The van der Waals surface area contributed by atoms with Crippen LogP contribution in [0.25, 0.3) is 28.4 Å². The van der Waals surface area contributed by atoms with Crippen LogP contribution in [0, 0.1) is 6.92 Å². The van der Waals surface area contributed by atoms with Crippen molar-refractivity contribution in [2.24, 2.45) is 5.14 Å². The number of hydrogen-bond donors (Lipinski definition) is 1. The maximum absolute atomic E-state index is 13.3. The molecular weight excluding hydrogens is 409 g/mol. The number of primary sulfonamides is 1. The van der Waals surface area contributed by atoms with Crippen LogP contribution in [0.5, 0.6) is 0 Å². The van der Waals surface area contributed by atoms with Crippen molar-refractivity contribution < 1.29 is 26.0 Å². The number of oxazole rings is 1. The van der Waals surface area contributed by atoms with Crippen molar-refractivity contribution in [1.82, 2.24) is 14.8 Å². The molecule has 0 atom stereocenters. The molecule has 0 aliphatic heterocycles. The molecule has 0 bridgehead atoms. The van der Waals surface area contributed by atoms with Crippen LogP contribution in [-0.4, -0.2) is 23.2 Å². The topological polar surface area (TPSA) is 104 Å². The molecule has 0 saturated heterocycles. The summed E-state index contributed by atoms with van der Waals surface area (Å²) in [5.41, 5.74) is 0.822. The Kier molecular flexibility index (Phi) is 4.24. The Morgan fingerprint density at radius 3 is 2.38 bits per heavy atom. The van der Waals surface area contributed by atoms with Gasteiger partial charge in [-0.2, -0.15) is 18.3 Å². The van der Waals surface area contributed by atoms with Crippen molar-refractivity contribution in [2.75, 3.05) is 0 Å². The van der Waals surface area contributed by atoms with Crippen molar-refractivity contribution in [3.63, 3.8) is 0 Å². The highest BCUT2D eigenvalue weighted by Crippen LogP contribution is 2.34. The van der Waals surface area contributed by atoms with E-state index in [1.165, 1.54) is 24.3 Å². The third-order valence-corrected chi connectivity index (χ3v) is 5.10. The maximum Gasteiger partial charge on any atom is 0.435 e. The maximum atomic E-state index is 13.3. The number of aryl methyl sites for hydroxylation is 1. The van der Waals surface area contributed by atoms with E-state index in [-0.39, 0.29) is 22.2 Å². The molecule has 2 N–H and O–H groups in total. The van der Waals surface area contributed by atoms with Crippen molar-refractivity contribution in [3.8, 4) is 17.3 Å². The molecular formula is C18H13F3N4O3S. The molecule has 0 unspecified atom stereocenters. The molecule has 0 saturated carbocycles. The molecule has 11 heteroatoms. The van der Waals surface area contributed by atoms with Gasteiger partial charge in [0.25, 0.3) is 0 Å². The summed E-state index contributed by atoms with van der Waals surface area (Å²) in [5.74, 6) is -0.0517. The van der Waals surface area contributed by atoms with Gasteiger partial charge in [-0.1, -0.05) is 6.07 Å². The fourth-order valence-electron chi connectivity index (χ4n) is 2.79. The van der Waals surface area contributed by atoms with Crippen LogP contribution in [0.4, 0.5) is 13.2 Å². The lowest BCUT2D eigenvalue weighted by molar-refractivity contribution is -0.141. The highest BCUT2D eigenvalue weighted by atomic mass is 32.2. The molecule has 0 radical (unpaired) electrons. The third kappa shape index (κ3) is 3.61. The first-order valence-corrected chi connectivity index (χ1v) is 9.75. The lowest BCUT2D eigenvalue weighted by Gasteiger charge is -2.06. The first kappa shape index (κ1) is 19.2. The first-order valence-electron chi connectivity index (χ1n) is 8.20. The van der Waals surface area contributed by atoms with Gasteiger partial charge in [-0.15, -0.1) is 0 Å². The van der Waals surface area contributed by atoms with Crippen molar-refractivity contribution in [1.29, 1.82) is 0 Å². The van der Waals surface area contributed by atoms with Crippen molar-refractivity contribution in [3.05, 3.63) is 59.8 Å². The molecule has 0 aliphatic carbocycles. The number of rotatable bonds is 3. The number of sulfonamides is 1. The summed E-state index contributed by atoms with van der Waals surface area (Å²) in [6.07, 6.45) is -4.69. The zero-order valence-corrected chi connectivity index (χ0v) is 15.6. The first-order chi connectivity index (χ1) is 13.5. The molecule has 4 aromatic rings. The van der Waals surface area contributed by atoms with Gasteiger partial charge in [-0.3, -0.25) is 0 Å². The van der Waals surface area contributed by atoms with Gasteiger partial charge >= 0.3 is 6.18 Å². The highest BCUT2D eigenvalue weighted by Gasteiger charge is 2.36. The molecule has 29 heavy (non-hydrogen) atoms. The van der Waals surface area contributed by atoms with E-state index in [4.69, 9.17) is 9.56 Å². The SMILES string of the molecule is Cc1ccc2nc(-c3cc(C(F)(F)F)nn3-c3ccc(S(N)(=O)=O)cc3)oc2c1. The average Bonchev–Trinajstić information content (AvgIpc) is 3.24. The largest absolute Gasteiger partial charge is 0.435 e. The minimum absolute atomic E-state index is 0.0328. The van der Waals surface area contributed by atoms with Crippen LogP contribution in [0.3, 0.4) is 0 Å². The van der Waals surface area contributed by atoms with Gasteiger partial charge in [-0.25, -0.2) is 23.2 Å². The molecule has 0 amide bonds. The van der Waals surface area contributed by atoms with Gasteiger partial charge in [0.1, 0.15) is 11.2 Å². The van der Waals surface area contributed by atoms with E-state index in [9.17, 15) is 21.6 Å². The van der Waals surface area contributed by atoms with E-state index in [0.717, 1.165) is 16.3 Å². The molecule has 0 spiro atoms. The van der Waals surface area contributed by atoms with Crippen molar-refractivity contribution in [2.45, 2.75) is 18.0 Å². The normalized spacial score (nSPS) is 12.6. The van der Waals surface area contributed by atoms with Crippen LogP contribution in [-0.2, 0) is 16.2 Å². The van der Waals surface area contributed by atoms with Gasteiger partial charge < -0.3 is 4.42 Å². The molecule has 0 fully saturated rings. The number of fused-ring (bicyclic) bond motifs is 1. The smallest absolute Gasteiger partial charge is 0.435 e. The molecule has 2 aromatic carbocycles. The number of benzene rings is 2. The van der Waals surface area contributed by atoms with E-state index in [0.29, 0.717) is 11.1 Å². The number of halogens is 3. The monoisotopic (exact) mass is 422 g/mol. The summed E-state index contributed by atoms with van der Waals surface area (Å²) in [7, 11) is -3.94. The Morgan fingerprint density at radius 1 is 1.07 bits per heavy atom. The summed E-state index contributed by atoms with van der Waals surface area (Å²) < 4.78 is 69.3. The lowest BCUT2D eigenvalue weighted by Crippen LogP contribution is -2.12. The summed E-state index contributed by atoms with van der Waals surface area (Å²) in [5, 5.41) is 8.68. The summed E-state index contributed by atoms with van der Waals surface area (Å²) in [4.78, 5) is 4.07. The fraction of sp³-hybridized carbons (Fsp3) is 0.111. The van der Waals surface area contributed by atoms with Crippen LogP contribution in [0.1, 0.15) is 11.3 Å². The van der Waals surface area contributed by atoms with Gasteiger partial charge in [0.05, 0.1) is 10.6 Å². The van der Waals surface area contributed by atoms with E-state index >= 15 is 0 Å². The Labute approximate surface area is 162 Å². The van der Waals surface area contributed by atoms with E-state index < -0.39 is 21.9 Å². The van der Waals surface area contributed by atoms with Crippen LogP contribution in [0.15, 0.2) is 57.8 Å². The summed E-state index contributed by atoms with van der Waals surface area (Å²) in [6, 6.07) is 11.0. The second-order valence-corrected chi connectivity index (χ2v) is 7.91. The molecule has 0 aliphatic rings. The standard InChI is InChI=1S/C18H13F3N4O3S/c1-10-2-7-13-15(8-10)28-17(23-13)14-9-16(18(19,20)21)24-25(14)11-3-5-12(6-4-11)29(22,26)27/h2-9H,1H3,(H2,22,26,27). The van der Waals surface area contributed by atoms with E-state index in [2.05, 4.69) is 10.1 Å². The van der Waals surface area contributed by atoms with Crippen LogP contribution < -0.4 is 5.14 Å². The predicted octanol–water partition coefficient (Wildman–Crippen LogP) is 3.66. The third-order valence-electron chi connectivity index (χ3n) is 4.17. The van der Waals surface area contributed by atoms with Crippen LogP contribution >= 0.6 is 0 Å². The molecule has 4 rings (SSSR count). The minimum atomic E-state index is -4.69. The number of nitrogens with zero attached hydrogens (tertiary/aromatic N) is 3. The molecule has 2 aromatic heterocycles. The fourth-order valence-corrected chi connectivity index (χ4v) is 3.30. The molecule has 150 valence electrons. The summed E-state index contributed by atoms with van der Waals surface area (Å²) >= 11 is 0. The van der Waals surface area contributed by atoms with Gasteiger partial charge in [0, 0.05) is 6.07 Å². The van der Waals surface area contributed by atoms with Crippen molar-refractivity contribution >= 4 is 21.1 Å². The molecule has 2 heterocycles. The van der Waals surface area contributed by atoms with E-state index in [1.807, 2.05) is 6.92 Å². The second kappa shape index (κ2) is 6.42. The van der Waals surface area contributed by atoms with Gasteiger partial charge in [0.2, 0.25) is 15.9 Å². The van der Waals surface area contributed by atoms with Gasteiger partial charge in [0.15, 0.2) is 11.3 Å². The Balaban J connectivity index is 1.90. The lowest BCUT2D eigenvalue weighted by atomic mass is 10.2. The number of aromatic nitrogens is 3. The van der Waals surface area contributed by atoms with Crippen LogP contribution in [0.2, 0.25) is 0 Å². The number of hydrogen-bond acceptors (Lipinski definition) is 5. The quantitative estimate of drug-likeness (QED) is 0.543. The minimum Gasteiger partial charge on any atom is -0.435 e. The predicted molar refractivity (Wildman–Crippen MR) is 97.7 cm³/mol. The Hall–Kier alpha value is -3.18. The molecule has 7 nitrogen and oxygen atoms in total. The second-order valence-electron chi connectivity index (χ2n) is 6.35. The number of alkyl halides is 3. The zero-order valence-electron chi connectivity index (χ0n) is 14.8. The Bertz CT molecular complexity index is 1320. The Morgan fingerprint density at radius 2 is 1.76 bits per heavy atom. The average molecular weight is 422 g/mol. The highest BCUT2D eigenvalue weighted by molar-refractivity contribution is 7.89.